The lowest BCUT2D eigenvalue weighted by atomic mass is 9.77. The normalized spacial score (nSPS) is 14.3. The average Bonchev–Trinajstić information content (AvgIpc) is 1.47. The minimum atomic E-state index is -0.367. The number of rotatable bonds is 3. The molecule has 0 spiro atoms. The molecule has 4 heteroatoms. The Morgan fingerprint density at radius 1 is 0.318 bits per heavy atom. The number of fused-ring (bicyclic) bond motifs is 27. The Morgan fingerprint density at radius 2 is 0.886 bits per heavy atom. The number of hydrogen-bond donors (Lipinski definition) is 0. The molecule has 21 rings (SSSR count). The molecule has 0 atom stereocenters. The van der Waals surface area contributed by atoms with E-state index in [9.17, 15) is 0 Å². The van der Waals surface area contributed by atoms with E-state index >= 15 is 0 Å². The molecule has 0 saturated heterocycles. The quantitative estimate of drug-likeness (QED) is 0.162. The molecule has 0 radical (unpaired) electrons. The van der Waals surface area contributed by atoms with Gasteiger partial charge in [0.25, 0.3) is 0 Å². The molecule has 0 aliphatic heterocycles. The second-order valence-corrected chi connectivity index (χ2v) is 27.3. The van der Waals surface area contributed by atoms with Crippen molar-refractivity contribution < 1.29 is 4.42 Å². The van der Waals surface area contributed by atoms with Gasteiger partial charge in [0.2, 0.25) is 0 Å². The number of nitrogens with zero attached hydrogens (tertiary/aromatic N) is 2. The fourth-order valence-electron chi connectivity index (χ4n) is 17.4. The van der Waals surface area contributed by atoms with E-state index in [2.05, 4.69) is 279 Å². The average molecular weight is 1140 g/mol. The zero-order chi connectivity index (χ0) is 57.8. The van der Waals surface area contributed by atoms with E-state index in [4.69, 9.17) is 4.42 Å². The van der Waals surface area contributed by atoms with E-state index in [0.29, 0.717) is 0 Å². The maximum Gasteiger partial charge on any atom is 0.143 e. The smallest absolute Gasteiger partial charge is 0.143 e. The molecule has 0 unspecified atom stereocenters. The highest BCUT2D eigenvalue weighted by Gasteiger charge is 2.42. The minimum Gasteiger partial charge on any atom is -0.455 e. The Kier molecular flexibility index (Phi) is 8.84. The van der Waals surface area contributed by atoms with Gasteiger partial charge in [0.15, 0.2) is 0 Å². The van der Waals surface area contributed by atoms with Crippen LogP contribution >= 0.6 is 11.3 Å². The topological polar surface area (TPSA) is 23.0 Å². The Bertz CT molecular complexity index is 6400. The highest BCUT2D eigenvalue weighted by molar-refractivity contribution is 7.26. The van der Waals surface area contributed by atoms with Crippen LogP contribution in [0, 0.1) is 0 Å². The van der Waals surface area contributed by atoms with Gasteiger partial charge >= 0.3 is 0 Å². The van der Waals surface area contributed by atoms with Crippen LogP contribution in [0.5, 0.6) is 0 Å². The van der Waals surface area contributed by atoms with Crippen molar-refractivity contribution >= 4 is 151 Å². The van der Waals surface area contributed by atoms with Crippen LogP contribution < -0.4 is 0 Å². The van der Waals surface area contributed by atoms with Crippen LogP contribution in [0.3, 0.4) is 0 Å². The number of aromatic nitrogens is 2. The van der Waals surface area contributed by atoms with Crippen molar-refractivity contribution in [2.75, 3.05) is 0 Å². The molecule has 15 aromatic carbocycles. The number of para-hydroxylation sites is 5. The number of benzene rings is 15. The van der Waals surface area contributed by atoms with Crippen molar-refractivity contribution in [1.82, 2.24) is 9.13 Å². The molecule has 88 heavy (non-hydrogen) atoms. The largest absolute Gasteiger partial charge is 0.455 e. The Hall–Kier alpha value is -10.5. The van der Waals surface area contributed by atoms with Gasteiger partial charge in [-0.15, -0.1) is 11.3 Å². The van der Waals surface area contributed by atoms with E-state index in [1.54, 1.807) is 0 Å². The zero-order valence-electron chi connectivity index (χ0n) is 48.8. The van der Waals surface area contributed by atoms with Crippen molar-refractivity contribution in [2.24, 2.45) is 0 Å². The van der Waals surface area contributed by atoms with E-state index in [1.807, 2.05) is 11.3 Å². The minimum absolute atomic E-state index is 0.343. The van der Waals surface area contributed by atoms with Gasteiger partial charge < -0.3 is 13.6 Å². The first-order chi connectivity index (χ1) is 43.2. The second kappa shape index (κ2) is 16.3. The lowest BCUT2D eigenvalue weighted by Gasteiger charge is -2.26. The highest BCUT2D eigenvalue weighted by Crippen LogP contribution is 2.60. The lowest BCUT2D eigenvalue weighted by Crippen LogP contribution is -2.16. The van der Waals surface area contributed by atoms with Gasteiger partial charge in [-0.05, 0) is 196 Å². The molecule has 3 nitrogen and oxygen atoms in total. The Morgan fingerprint density at radius 3 is 1.58 bits per heavy atom. The summed E-state index contributed by atoms with van der Waals surface area (Å²) in [7, 11) is 0. The molecule has 0 saturated carbocycles. The summed E-state index contributed by atoms with van der Waals surface area (Å²) >= 11 is 1.89. The molecule has 0 N–H and O–H groups in total. The van der Waals surface area contributed by atoms with Crippen LogP contribution in [-0.2, 0) is 10.8 Å². The van der Waals surface area contributed by atoms with Gasteiger partial charge in [-0.3, -0.25) is 0 Å². The molecule has 4 heterocycles. The Balaban J connectivity index is 0.801. The molecule has 4 aromatic heterocycles. The lowest BCUT2D eigenvalue weighted by molar-refractivity contribution is 0.665. The van der Waals surface area contributed by atoms with E-state index < -0.39 is 0 Å². The first kappa shape index (κ1) is 47.7. The van der Waals surface area contributed by atoms with Crippen molar-refractivity contribution in [3.63, 3.8) is 0 Å². The van der Waals surface area contributed by atoms with Gasteiger partial charge in [0, 0.05) is 85.5 Å². The summed E-state index contributed by atoms with van der Waals surface area (Å²) in [5, 5.41) is 23.0. The summed E-state index contributed by atoms with van der Waals surface area (Å²) in [5.41, 5.74) is 21.6. The standard InChI is InChI=1S/C84H52N2OS/c1-83(2)65-38-45(31-34-50(65)62-37-47-33-36-56-75-55-26-14-18-30-72(55)88-73(75)44-64-76(56)74(47)79(81(62)83)78-54-25-13-17-29-71(54)87-82(64)78)46-32-35-53-66(39-46)84(3,4)80-63-43-70-60(52-24-12-16-28-68(52)86(70)49-21-9-6-10-22-49)41-58(63)57-40-59-51-23-11-15-27-67(51)85(48-19-7-5-8-20-48)69(59)42-61(57)77(53)80/h5-44H,1-4H3. The second-order valence-electron chi connectivity index (χ2n) is 26.2. The number of hydrogen-bond acceptors (Lipinski definition) is 2. The highest BCUT2D eigenvalue weighted by atomic mass is 32.1. The molecular formula is C84H52N2OS. The third kappa shape index (κ3) is 5.81. The van der Waals surface area contributed by atoms with Crippen LogP contribution in [0.2, 0.25) is 0 Å². The van der Waals surface area contributed by atoms with E-state index in [0.717, 1.165) is 22.5 Å². The first-order valence-electron chi connectivity index (χ1n) is 30.9. The van der Waals surface area contributed by atoms with Crippen LogP contribution in [-0.4, -0.2) is 9.13 Å². The molecule has 0 amide bonds. The van der Waals surface area contributed by atoms with Crippen LogP contribution in [0.4, 0.5) is 0 Å². The first-order valence-corrected chi connectivity index (χ1v) is 31.7. The van der Waals surface area contributed by atoms with Crippen molar-refractivity contribution in [3.8, 4) is 44.8 Å². The monoisotopic (exact) mass is 1140 g/mol. The third-order valence-corrected chi connectivity index (χ3v) is 22.2. The maximum atomic E-state index is 7.11. The van der Waals surface area contributed by atoms with E-state index in [-0.39, 0.29) is 10.8 Å². The fourth-order valence-corrected chi connectivity index (χ4v) is 18.6. The van der Waals surface area contributed by atoms with Crippen molar-refractivity contribution in [2.45, 2.75) is 38.5 Å². The molecule has 2 aliphatic carbocycles. The predicted octanol–water partition coefficient (Wildman–Crippen LogP) is 23.6. The van der Waals surface area contributed by atoms with Crippen LogP contribution in [0.1, 0.15) is 49.9 Å². The van der Waals surface area contributed by atoms with Gasteiger partial charge in [0.05, 0.1) is 22.1 Å². The van der Waals surface area contributed by atoms with Gasteiger partial charge in [-0.1, -0.05) is 173 Å². The summed E-state index contributed by atoms with van der Waals surface area (Å²) in [5.74, 6) is 0. The number of furan rings is 1. The summed E-state index contributed by atoms with van der Waals surface area (Å²) in [4.78, 5) is 0. The number of thiophene rings is 1. The molecule has 2 aliphatic rings. The summed E-state index contributed by atoms with van der Waals surface area (Å²) in [6.07, 6.45) is 0. The van der Waals surface area contributed by atoms with Crippen molar-refractivity contribution in [3.05, 3.63) is 265 Å². The third-order valence-electron chi connectivity index (χ3n) is 21.1. The summed E-state index contributed by atoms with van der Waals surface area (Å²) < 4.78 is 14.7. The zero-order valence-corrected chi connectivity index (χ0v) is 49.6. The molecule has 0 bridgehead atoms. The SMILES string of the molecule is CC1(C)c2cc(-c3ccc4c(c3)C(C)(C)c3c-4cc4ccc5c6c(cc7c8oc9ccccc9c8c3c4c75)sc3ccccc36)ccc2-c2c1c1cc3c(cc1c1cc4c5ccccc5n(-c5ccccc5)c4cc21)c1ccccc1n3-c1ccccc1. The predicted molar refractivity (Wildman–Crippen MR) is 375 cm³/mol. The van der Waals surface area contributed by atoms with Gasteiger partial charge in [-0.2, -0.15) is 0 Å². The molecule has 0 fully saturated rings. The summed E-state index contributed by atoms with van der Waals surface area (Å²) in [6, 6.07) is 92.0. The van der Waals surface area contributed by atoms with Crippen molar-refractivity contribution in [1.29, 1.82) is 0 Å². The van der Waals surface area contributed by atoms with E-state index in [1.165, 1.54) is 184 Å². The molecule has 410 valence electrons. The Labute approximate surface area is 509 Å². The van der Waals surface area contributed by atoms with Gasteiger partial charge in [-0.25, -0.2) is 0 Å². The van der Waals surface area contributed by atoms with Gasteiger partial charge in [0.1, 0.15) is 11.2 Å². The summed E-state index contributed by atoms with van der Waals surface area (Å²) in [6.45, 7) is 9.91. The molecular weight excluding hydrogens is 1090 g/mol. The van der Waals surface area contributed by atoms with Crippen LogP contribution in [0.25, 0.3) is 184 Å². The van der Waals surface area contributed by atoms with Crippen LogP contribution in [0.15, 0.2) is 247 Å². The maximum absolute atomic E-state index is 7.11. The molecule has 19 aromatic rings. The fraction of sp³-hybridized carbons (Fsp3) is 0.0714.